The molecule has 0 aliphatic carbocycles. The molecule has 1 aliphatic rings. The van der Waals surface area contributed by atoms with E-state index in [1.165, 1.54) is 11.3 Å². The Morgan fingerprint density at radius 2 is 1.96 bits per heavy atom. The van der Waals surface area contributed by atoms with Gasteiger partial charge in [-0.15, -0.1) is 11.3 Å². The summed E-state index contributed by atoms with van der Waals surface area (Å²) in [5.74, 6) is 0. The Kier molecular flexibility index (Phi) is 5.41. The molecule has 0 unspecified atom stereocenters. The summed E-state index contributed by atoms with van der Waals surface area (Å²) in [4.78, 5) is 14.1. The fraction of sp³-hybridized carbons (Fsp3) is 0.353. The maximum absolute atomic E-state index is 12.3. The first-order valence-electron chi connectivity index (χ1n) is 8.12. The number of sulfonamides is 1. The van der Waals surface area contributed by atoms with E-state index in [2.05, 4.69) is 10.0 Å². The van der Waals surface area contributed by atoms with Crippen LogP contribution in [0, 0.1) is 6.92 Å². The molecule has 3 rings (SSSR count). The molecule has 1 aromatic carbocycles. The molecule has 0 spiro atoms. The van der Waals surface area contributed by atoms with Crippen LogP contribution in [0.25, 0.3) is 0 Å². The number of carbonyl (C=O) groups excluding carboxylic acids is 1. The number of hydrogen-bond donors (Lipinski definition) is 2. The van der Waals surface area contributed by atoms with Gasteiger partial charge in [0.05, 0.1) is 0 Å². The van der Waals surface area contributed by atoms with E-state index in [1.807, 2.05) is 31.2 Å². The molecule has 25 heavy (non-hydrogen) atoms. The second-order valence-electron chi connectivity index (χ2n) is 6.11. The van der Waals surface area contributed by atoms with Crippen molar-refractivity contribution in [2.24, 2.45) is 0 Å². The Morgan fingerprint density at radius 1 is 1.20 bits per heavy atom. The van der Waals surface area contributed by atoms with Crippen molar-refractivity contribution in [2.75, 3.05) is 18.4 Å². The predicted molar refractivity (Wildman–Crippen MR) is 99.4 cm³/mol. The van der Waals surface area contributed by atoms with Crippen LogP contribution in [-0.2, 0) is 10.0 Å². The fourth-order valence-corrected chi connectivity index (χ4v) is 5.13. The number of hydrogen-bond acceptors (Lipinski definition) is 4. The van der Waals surface area contributed by atoms with E-state index in [1.54, 1.807) is 22.4 Å². The summed E-state index contributed by atoms with van der Waals surface area (Å²) in [6.07, 6.45) is 1.21. The summed E-state index contributed by atoms with van der Waals surface area (Å²) in [5, 5.41) is 4.63. The van der Waals surface area contributed by atoms with E-state index in [4.69, 9.17) is 0 Å². The van der Waals surface area contributed by atoms with Crippen molar-refractivity contribution in [3.63, 3.8) is 0 Å². The molecule has 1 saturated heterocycles. The number of thiophene rings is 1. The summed E-state index contributed by atoms with van der Waals surface area (Å²) < 4.78 is 27.6. The minimum Gasteiger partial charge on any atom is -0.324 e. The van der Waals surface area contributed by atoms with Gasteiger partial charge in [-0.25, -0.2) is 17.9 Å². The fourth-order valence-electron chi connectivity index (χ4n) is 2.82. The first kappa shape index (κ1) is 17.9. The van der Waals surface area contributed by atoms with Gasteiger partial charge in [-0.3, -0.25) is 0 Å². The molecule has 8 heteroatoms. The highest BCUT2D eigenvalue weighted by molar-refractivity contribution is 7.91. The lowest BCUT2D eigenvalue weighted by Crippen LogP contribution is -2.47. The molecule has 1 aromatic heterocycles. The Labute approximate surface area is 151 Å². The monoisotopic (exact) mass is 379 g/mol. The van der Waals surface area contributed by atoms with Gasteiger partial charge in [0.15, 0.2) is 0 Å². The van der Waals surface area contributed by atoms with Crippen LogP contribution >= 0.6 is 11.3 Å². The summed E-state index contributed by atoms with van der Waals surface area (Å²) in [6.45, 7) is 3.02. The van der Waals surface area contributed by atoms with E-state index < -0.39 is 10.0 Å². The van der Waals surface area contributed by atoms with Crippen molar-refractivity contribution < 1.29 is 13.2 Å². The maximum Gasteiger partial charge on any atom is 0.321 e. The number of anilines is 1. The molecule has 0 atom stereocenters. The molecule has 2 N–H and O–H groups in total. The third-order valence-electron chi connectivity index (χ3n) is 4.13. The molecule has 2 aromatic rings. The zero-order valence-corrected chi connectivity index (χ0v) is 15.6. The van der Waals surface area contributed by atoms with Gasteiger partial charge >= 0.3 is 6.03 Å². The predicted octanol–water partition coefficient (Wildman–Crippen LogP) is 3.03. The number of piperidine rings is 1. The molecule has 2 heterocycles. The molecule has 1 fully saturated rings. The van der Waals surface area contributed by atoms with Crippen molar-refractivity contribution in [1.82, 2.24) is 9.62 Å². The zero-order valence-electron chi connectivity index (χ0n) is 13.9. The Morgan fingerprint density at radius 3 is 2.60 bits per heavy atom. The molecular weight excluding hydrogens is 358 g/mol. The number of likely N-dealkylation sites (tertiary alicyclic amines) is 1. The van der Waals surface area contributed by atoms with Crippen LogP contribution in [0.15, 0.2) is 46.0 Å². The molecule has 0 bridgehead atoms. The molecular formula is C17H21N3O3S2. The van der Waals surface area contributed by atoms with Crippen LogP contribution in [-0.4, -0.2) is 38.5 Å². The number of urea groups is 1. The minimum absolute atomic E-state index is 0.143. The molecule has 134 valence electrons. The third kappa shape index (κ3) is 4.59. The number of amides is 2. The van der Waals surface area contributed by atoms with Crippen molar-refractivity contribution >= 4 is 33.1 Å². The van der Waals surface area contributed by atoms with Crippen LogP contribution < -0.4 is 10.0 Å². The van der Waals surface area contributed by atoms with Gasteiger partial charge in [-0.05, 0) is 48.9 Å². The standard InChI is InChI=1S/C17H21N3O3S2/c1-13-4-2-5-15(12-13)18-17(21)20-9-7-14(8-10-20)19-25(22,23)16-6-3-11-24-16/h2-6,11-12,14,19H,7-10H2,1H3,(H,18,21). The highest BCUT2D eigenvalue weighted by Gasteiger charge is 2.27. The second-order valence-corrected chi connectivity index (χ2v) is 9.00. The number of nitrogens with zero attached hydrogens (tertiary/aromatic N) is 1. The van der Waals surface area contributed by atoms with E-state index in [0.717, 1.165) is 11.3 Å². The first-order chi connectivity index (χ1) is 11.9. The lowest BCUT2D eigenvalue weighted by atomic mass is 10.1. The van der Waals surface area contributed by atoms with Gasteiger partial charge < -0.3 is 10.2 Å². The van der Waals surface area contributed by atoms with Crippen molar-refractivity contribution in [2.45, 2.75) is 30.0 Å². The van der Waals surface area contributed by atoms with Crippen LogP contribution in [0.5, 0.6) is 0 Å². The number of benzene rings is 1. The highest BCUT2D eigenvalue weighted by atomic mass is 32.2. The number of aryl methyl sites for hydroxylation is 1. The maximum atomic E-state index is 12.3. The van der Waals surface area contributed by atoms with E-state index in [-0.39, 0.29) is 12.1 Å². The lowest BCUT2D eigenvalue weighted by molar-refractivity contribution is 0.193. The van der Waals surface area contributed by atoms with Gasteiger partial charge in [0.1, 0.15) is 4.21 Å². The quantitative estimate of drug-likeness (QED) is 0.857. The molecule has 6 nitrogen and oxygen atoms in total. The van der Waals surface area contributed by atoms with E-state index in [0.29, 0.717) is 30.1 Å². The Bertz CT molecular complexity index is 827. The molecule has 0 radical (unpaired) electrons. The van der Waals surface area contributed by atoms with Crippen LogP contribution in [0.4, 0.5) is 10.5 Å². The zero-order chi connectivity index (χ0) is 17.9. The minimum atomic E-state index is -3.46. The average molecular weight is 380 g/mol. The van der Waals surface area contributed by atoms with Crippen LogP contribution in [0.3, 0.4) is 0 Å². The van der Waals surface area contributed by atoms with Crippen molar-refractivity contribution in [3.05, 3.63) is 47.3 Å². The summed E-state index contributed by atoms with van der Waals surface area (Å²) in [5.41, 5.74) is 1.85. The summed E-state index contributed by atoms with van der Waals surface area (Å²) >= 11 is 1.20. The number of carbonyl (C=O) groups is 1. The Balaban J connectivity index is 1.52. The van der Waals surface area contributed by atoms with Gasteiger partial charge in [-0.1, -0.05) is 18.2 Å². The van der Waals surface area contributed by atoms with E-state index in [9.17, 15) is 13.2 Å². The summed E-state index contributed by atoms with van der Waals surface area (Å²) in [6, 6.07) is 10.7. The van der Waals surface area contributed by atoms with Crippen LogP contribution in [0.1, 0.15) is 18.4 Å². The third-order valence-corrected chi connectivity index (χ3v) is 7.05. The molecule has 2 amide bonds. The van der Waals surface area contributed by atoms with Gasteiger partial charge in [0, 0.05) is 24.8 Å². The van der Waals surface area contributed by atoms with Gasteiger partial charge in [-0.2, -0.15) is 0 Å². The van der Waals surface area contributed by atoms with Crippen LogP contribution in [0.2, 0.25) is 0 Å². The van der Waals surface area contributed by atoms with Crippen molar-refractivity contribution in [1.29, 1.82) is 0 Å². The first-order valence-corrected chi connectivity index (χ1v) is 10.5. The number of rotatable bonds is 4. The van der Waals surface area contributed by atoms with Gasteiger partial charge in [0.2, 0.25) is 10.0 Å². The number of nitrogens with one attached hydrogen (secondary N) is 2. The average Bonchev–Trinajstić information content (AvgIpc) is 3.10. The second kappa shape index (κ2) is 7.55. The molecule has 0 saturated carbocycles. The lowest BCUT2D eigenvalue weighted by Gasteiger charge is -2.32. The summed E-state index contributed by atoms with van der Waals surface area (Å²) in [7, 11) is -3.46. The van der Waals surface area contributed by atoms with Gasteiger partial charge in [0.25, 0.3) is 0 Å². The highest BCUT2D eigenvalue weighted by Crippen LogP contribution is 2.19. The molecule has 1 aliphatic heterocycles. The SMILES string of the molecule is Cc1cccc(NC(=O)N2CCC(NS(=O)(=O)c3cccs3)CC2)c1. The van der Waals surface area contributed by atoms with Crippen molar-refractivity contribution in [3.8, 4) is 0 Å². The Hall–Kier alpha value is -1.90. The normalized spacial score (nSPS) is 16.0. The largest absolute Gasteiger partial charge is 0.324 e. The topological polar surface area (TPSA) is 78.5 Å². The van der Waals surface area contributed by atoms with E-state index >= 15 is 0 Å². The smallest absolute Gasteiger partial charge is 0.321 e.